The van der Waals surface area contributed by atoms with Gasteiger partial charge in [-0.3, -0.25) is 4.90 Å². The molecule has 1 aliphatic carbocycles. The summed E-state index contributed by atoms with van der Waals surface area (Å²) in [6.07, 6.45) is 6.17. The fourth-order valence-corrected chi connectivity index (χ4v) is 3.04. The van der Waals surface area contributed by atoms with Crippen LogP contribution in [0.2, 0.25) is 0 Å². The zero-order chi connectivity index (χ0) is 16.4. The van der Waals surface area contributed by atoms with Gasteiger partial charge in [0.05, 0.1) is 13.2 Å². The topological polar surface area (TPSA) is 77.2 Å². The van der Waals surface area contributed by atoms with Crippen LogP contribution in [0.4, 0.5) is 0 Å². The number of likely N-dealkylation sites (tertiary alicyclic amines) is 1. The van der Waals surface area contributed by atoms with E-state index in [4.69, 9.17) is 9.15 Å². The van der Waals surface area contributed by atoms with Crippen molar-refractivity contribution in [2.24, 2.45) is 5.92 Å². The second kappa shape index (κ2) is 6.84. The highest BCUT2D eigenvalue weighted by Gasteiger charge is 2.30. The van der Waals surface area contributed by atoms with E-state index < -0.39 is 0 Å². The van der Waals surface area contributed by atoms with E-state index in [1.165, 1.54) is 12.8 Å². The van der Waals surface area contributed by atoms with Crippen LogP contribution >= 0.6 is 0 Å². The number of hydrogen-bond acceptors (Lipinski definition) is 7. The lowest BCUT2D eigenvalue weighted by Gasteiger charge is -2.30. The molecule has 0 atom stereocenters. The third kappa shape index (κ3) is 3.90. The Morgan fingerprint density at radius 1 is 1.17 bits per heavy atom. The van der Waals surface area contributed by atoms with Gasteiger partial charge in [-0.1, -0.05) is 0 Å². The standard InChI is InChI=1S/C17H23N5O2/c1-12-8-15(19-11-18-12)23-10-13-4-6-22(7-5-13)9-16-20-21-17(24-16)14-2-3-14/h8,11,13-14H,2-7,9-10H2,1H3. The van der Waals surface area contributed by atoms with Gasteiger partial charge in [-0.15, -0.1) is 10.2 Å². The predicted octanol–water partition coefficient (Wildman–Crippen LogP) is 2.34. The molecular weight excluding hydrogens is 306 g/mol. The normalized spacial score (nSPS) is 19.5. The summed E-state index contributed by atoms with van der Waals surface area (Å²) in [5.41, 5.74) is 0.931. The molecule has 1 saturated heterocycles. The van der Waals surface area contributed by atoms with Crippen LogP contribution in [0.3, 0.4) is 0 Å². The lowest BCUT2D eigenvalue weighted by atomic mass is 9.98. The highest BCUT2D eigenvalue weighted by Crippen LogP contribution is 2.39. The molecule has 1 aliphatic heterocycles. The molecule has 1 saturated carbocycles. The summed E-state index contributed by atoms with van der Waals surface area (Å²) >= 11 is 0. The predicted molar refractivity (Wildman–Crippen MR) is 86.5 cm³/mol. The molecule has 2 aromatic heterocycles. The molecule has 0 N–H and O–H groups in total. The van der Waals surface area contributed by atoms with Crippen molar-refractivity contribution in [3.8, 4) is 5.88 Å². The minimum absolute atomic E-state index is 0.527. The zero-order valence-corrected chi connectivity index (χ0v) is 14.0. The molecule has 0 aromatic carbocycles. The number of hydrogen-bond donors (Lipinski definition) is 0. The second-order valence-corrected chi connectivity index (χ2v) is 6.84. The molecule has 0 unspecified atom stereocenters. The van der Waals surface area contributed by atoms with E-state index in [9.17, 15) is 0 Å². The molecule has 2 aromatic rings. The van der Waals surface area contributed by atoms with Gasteiger partial charge in [0.15, 0.2) is 0 Å². The van der Waals surface area contributed by atoms with Crippen molar-refractivity contribution in [1.29, 1.82) is 0 Å². The number of rotatable bonds is 6. The number of aromatic nitrogens is 4. The van der Waals surface area contributed by atoms with Crippen molar-refractivity contribution >= 4 is 0 Å². The SMILES string of the molecule is Cc1cc(OCC2CCN(Cc3nnc(C4CC4)o3)CC2)ncn1. The van der Waals surface area contributed by atoms with E-state index in [2.05, 4.69) is 25.1 Å². The minimum Gasteiger partial charge on any atom is -0.477 e. The van der Waals surface area contributed by atoms with Crippen LogP contribution in [0, 0.1) is 12.8 Å². The van der Waals surface area contributed by atoms with E-state index in [0.29, 0.717) is 17.7 Å². The quantitative estimate of drug-likeness (QED) is 0.805. The Kier molecular flexibility index (Phi) is 4.42. The Balaban J connectivity index is 1.21. The summed E-state index contributed by atoms with van der Waals surface area (Å²) in [5.74, 6) is 3.35. The monoisotopic (exact) mass is 329 g/mol. The molecule has 7 heteroatoms. The van der Waals surface area contributed by atoms with Gasteiger partial charge in [0.1, 0.15) is 6.33 Å². The summed E-state index contributed by atoms with van der Waals surface area (Å²) in [6, 6.07) is 1.88. The molecule has 24 heavy (non-hydrogen) atoms. The largest absolute Gasteiger partial charge is 0.477 e. The molecule has 2 aliphatic rings. The van der Waals surface area contributed by atoms with Crippen molar-refractivity contribution in [2.45, 2.75) is 45.1 Å². The van der Waals surface area contributed by atoms with Gasteiger partial charge >= 0.3 is 0 Å². The van der Waals surface area contributed by atoms with Crippen LogP contribution in [0.15, 0.2) is 16.8 Å². The van der Waals surface area contributed by atoms with Crippen LogP contribution in [0.1, 0.15) is 49.1 Å². The van der Waals surface area contributed by atoms with E-state index in [-0.39, 0.29) is 0 Å². The summed E-state index contributed by atoms with van der Waals surface area (Å²) in [4.78, 5) is 10.6. The summed E-state index contributed by atoms with van der Waals surface area (Å²) < 4.78 is 11.6. The molecule has 7 nitrogen and oxygen atoms in total. The third-order valence-electron chi connectivity index (χ3n) is 4.72. The van der Waals surface area contributed by atoms with Crippen LogP contribution < -0.4 is 4.74 Å². The lowest BCUT2D eigenvalue weighted by molar-refractivity contribution is 0.127. The number of piperidine rings is 1. The molecule has 0 bridgehead atoms. The Morgan fingerprint density at radius 2 is 2.00 bits per heavy atom. The van der Waals surface area contributed by atoms with Crippen molar-refractivity contribution in [1.82, 2.24) is 25.1 Å². The Morgan fingerprint density at radius 3 is 2.75 bits per heavy atom. The first-order chi connectivity index (χ1) is 11.8. The van der Waals surface area contributed by atoms with Crippen LogP contribution in [-0.2, 0) is 6.54 Å². The Bertz CT molecular complexity index is 677. The van der Waals surface area contributed by atoms with Gasteiger partial charge in [-0.25, -0.2) is 9.97 Å². The van der Waals surface area contributed by atoms with E-state index in [1.807, 2.05) is 13.0 Å². The maximum atomic E-state index is 5.81. The highest BCUT2D eigenvalue weighted by molar-refractivity contribution is 5.11. The molecular formula is C17H23N5O2. The fraction of sp³-hybridized carbons (Fsp3) is 0.647. The second-order valence-electron chi connectivity index (χ2n) is 6.84. The number of ether oxygens (including phenoxy) is 1. The molecule has 128 valence electrons. The first-order valence-electron chi connectivity index (χ1n) is 8.72. The fourth-order valence-electron chi connectivity index (χ4n) is 3.04. The molecule has 3 heterocycles. The molecule has 2 fully saturated rings. The maximum absolute atomic E-state index is 5.81. The average molecular weight is 329 g/mol. The van der Waals surface area contributed by atoms with Crippen LogP contribution in [-0.4, -0.2) is 44.8 Å². The van der Waals surface area contributed by atoms with Crippen molar-refractivity contribution in [2.75, 3.05) is 19.7 Å². The Labute approximate surface area is 141 Å². The van der Waals surface area contributed by atoms with Gasteiger partial charge in [0, 0.05) is 17.7 Å². The minimum atomic E-state index is 0.527. The number of aryl methyl sites for hydroxylation is 1. The van der Waals surface area contributed by atoms with Crippen LogP contribution in [0.5, 0.6) is 5.88 Å². The first-order valence-corrected chi connectivity index (χ1v) is 8.72. The van der Waals surface area contributed by atoms with Gasteiger partial charge < -0.3 is 9.15 Å². The van der Waals surface area contributed by atoms with Crippen molar-refractivity contribution in [3.63, 3.8) is 0 Å². The van der Waals surface area contributed by atoms with Crippen LogP contribution in [0.25, 0.3) is 0 Å². The first kappa shape index (κ1) is 15.5. The molecule has 0 amide bonds. The summed E-state index contributed by atoms with van der Waals surface area (Å²) in [7, 11) is 0. The van der Waals surface area contributed by atoms with E-state index in [1.54, 1.807) is 6.33 Å². The lowest BCUT2D eigenvalue weighted by Crippen LogP contribution is -2.35. The Hall–Kier alpha value is -2.02. The van der Waals surface area contributed by atoms with Gasteiger partial charge in [-0.05, 0) is 51.6 Å². The average Bonchev–Trinajstić information content (AvgIpc) is 3.34. The van der Waals surface area contributed by atoms with E-state index in [0.717, 1.165) is 56.6 Å². The number of nitrogens with zero attached hydrogens (tertiary/aromatic N) is 5. The molecule has 0 spiro atoms. The van der Waals surface area contributed by atoms with Gasteiger partial charge in [0.2, 0.25) is 17.7 Å². The summed E-state index contributed by atoms with van der Waals surface area (Å²) in [5, 5.41) is 8.33. The molecule has 0 radical (unpaired) electrons. The van der Waals surface area contributed by atoms with Crippen molar-refractivity contribution in [3.05, 3.63) is 29.9 Å². The molecule has 4 rings (SSSR count). The van der Waals surface area contributed by atoms with E-state index >= 15 is 0 Å². The zero-order valence-electron chi connectivity index (χ0n) is 14.0. The van der Waals surface area contributed by atoms with Gasteiger partial charge in [-0.2, -0.15) is 0 Å². The van der Waals surface area contributed by atoms with Gasteiger partial charge in [0.25, 0.3) is 0 Å². The smallest absolute Gasteiger partial charge is 0.230 e. The van der Waals surface area contributed by atoms with Crippen molar-refractivity contribution < 1.29 is 9.15 Å². The maximum Gasteiger partial charge on any atom is 0.230 e. The highest BCUT2D eigenvalue weighted by atomic mass is 16.5. The summed E-state index contributed by atoms with van der Waals surface area (Å²) in [6.45, 7) is 5.50. The third-order valence-corrected chi connectivity index (χ3v) is 4.72.